The van der Waals surface area contributed by atoms with Gasteiger partial charge in [0.15, 0.2) is 0 Å². The summed E-state index contributed by atoms with van der Waals surface area (Å²) in [7, 11) is 0. The molecule has 0 fully saturated rings. The van der Waals surface area contributed by atoms with E-state index >= 15 is 0 Å². The Morgan fingerprint density at radius 1 is 1.06 bits per heavy atom. The monoisotopic (exact) mass is 371 g/mol. The second-order valence-electron chi connectivity index (χ2n) is 3.59. The molecular weight excluding hydrogens is 365 g/mol. The number of benzene rings is 2. The van der Waals surface area contributed by atoms with Crippen molar-refractivity contribution in [2.45, 2.75) is 0 Å². The van der Waals surface area contributed by atoms with Crippen LogP contribution in [0.25, 0.3) is 0 Å². The van der Waals surface area contributed by atoms with Gasteiger partial charge in [-0.05, 0) is 36.4 Å². The second kappa shape index (κ2) is 5.63. The van der Waals surface area contributed by atoms with Crippen molar-refractivity contribution in [3.63, 3.8) is 0 Å². The van der Waals surface area contributed by atoms with Gasteiger partial charge in [-0.25, -0.2) is 4.39 Å². The minimum atomic E-state index is -0.558. The largest absolute Gasteiger partial charge is 0.322 e. The van der Waals surface area contributed by atoms with Crippen LogP contribution in [0.4, 0.5) is 10.1 Å². The van der Waals surface area contributed by atoms with Crippen molar-refractivity contribution >= 4 is 43.5 Å². The molecule has 0 atom stereocenters. The van der Waals surface area contributed by atoms with Gasteiger partial charge in [0.05, 0.1) is 5.56 Å². The lowest BCUT2D eigenvalue weighted by molar-refractivity contribution is 0.102. The van der Waals surface area contributed by atoms with Gasteiger partial charge in [0.25, 0.3) is 5.91 Å². The topological polar surface area (TPSA) is 29.1 Å². The molecule has 0 radical (unpaired) electrons. The maximum atomic E-state index is 13.6. The van der Waals surface area contributed by atoms with Gasteiger partial charge in [-0.15, -0.1) is 0 Å². The van der Waals surface area contributed by atoms with E-state index in [1.54, 1.807) is 24.3 Å². The highest BCUT2D eigenvalue weighted by atomic mass is 79.9. The maximum absolute atomic E-state index is 13.6. The van der Waals surface area contributed by atoms with Crippen molar-refractivity contribution in [2.24, 2.45) is 0 Å². The molecule has 0 saturated carbocycles. The number of anilines is 1. The van der Waals surface area contributed by atoms with Gasteiger partial charge in [-0.3, -0.25) is 4.79 Å². The summed E-state index contributed by atoms with van der Waals surface area (Å²) < 4.78 is 15.0. The highest BCUT2D eigenvalue weighted by Gasteiger charge is 2.12. The van der Waals surface area contributed by atoms with Crippen LogP contribution in [0.1, 0.15) is 10.4 Å². The molecule has 0 aliphatic carbocycles. The van der Waals surface area contributed by atoms with E-state index < -0.39 is 11.7 Å². The third kappa shape index (κ3) is 3.17. The Morgan fingerprint density at radius 2 is 1.78 bits per heavy atom. The SMILES string of the molecule is O=C(Nc1cccc(Br)c1)c1ccc(Br)cc1F. The van der Waals surface area contributed by atoms with Crippen LogP contribution in [0.2, 0.25) is 0 Å². The third-order valence-corrected chi connectivity index (χ3v) is 3.24. The van der Waals surface area contributed by atoms with Gasteiger partial charge in [0.2, 0.25) is 0 Å². The number of hydrogen-bond acceptors (Lipinski definition) is 1. The fourth-order valence-electron chi connectivity index (χ4n) is 1.44. The lowest BCUT2D eigenvalue weighted by Gasteiger charge is -2.06. The quantitative estimate of drug-likeness (QED) is 0.819. The van der Waals surface area contributed by atoms with Gasteiger partial charge in [0, 0.05) is 14.6 Å². The number of hydrogen-bond donors (Lipinski definition) is 1. The van der Waals surface area contributed by atoms with E-state index in [9.17, 15) is 9.18 Å². The number of carbonyl (C=O) groups excluding carboxylic acids is 1. The number of rotatable bonds is 2. The molecule has 0 aliphatic heterocycles. The minimum absolute atomic E-state index is 0.0122. The summed E-state index contributed by atoms with van der Waals surface area (Å²) in [6, 6.07) is 11.4. The van der Waals surface area contributed by atoms with Crippen LogP contribution in [-0.2, 0) is 0 Å². The first-order valence-corrected chi connectivity index (χ1v) is 6.67. The molecule has 0 aromatic heterocycles. The van der Waals surface area contributed by atoms with Crippen molar-refractivity contribution in [3.8, 4) is 0 Å². The Hall–Kier alpha value is -1.20. The highest BCUT2D eigenvalue weighted by molar-refractivity contribution is 9.10. The molecule has 18 heavy (non-hydrogen) atoms. The Labute approximate surface area is 120 Å². The first kappa shape index (κ1) is 13.2. The molecule has 2 aromatic rings. The van der Waals surface area contributed by atoms with Crippen molar-refractivity contribution in [1.82, 2.24) is 0 Å². The number of carbonyl (C=O) groups is 1. The van der Waals surface area contributed by atoms with Crippen LogP contribution in [0.3, 0.4) is 0 Å². The zero-order valence-electron chi connectivity index (χ0n) is 9.08. The molecule has 2 aromatic carbocycles. The number of halogens is 3. The summed E-state index contributed by atoms with van der Waals surface area (Å²) in [5, 5.41) is 2.64. The number of amides is 1. The standard InChI is InChI=1S/C13H8Br2FNO/c14-8-2-1-3-10(6-8)17-13(18)11-5-4-9(15)7-12(11)16/h1-7H,(H,17,18). The molecular formula is C13H8Br2FNO. The van der Waals surface area contributed by atoms with Gasteiger partial charge in [0.1, 0.15) is 5.82 Å². The van der Waals surface area contributed by atoms with Crippen LogP contribution in [0.15, 0.2) is 51.4 Å². The summed E-state index contributed by atoms with van der Waals surface area (Å²) in [6.45, 7) is 0. The Kier molecular flexibility index (Phi) is 4.14. The first-order chi connectivity index (χ1) is 8.56. The summed E-state index contributed by atoms with van der Waals surface area (Å²) >= 11 is 6.44. The Bertz CT molecular complexity index is 601. The van der Waals surface area contributed by atoms with E-state index in [0.29, 0.717) is 10.2 Å². The van der Waals surface area contributed by atoms with Crippen molar-refractivity contribution in [3.05, 3.63) is 62.8 Å². The smallest absolute Gasteiger partial charge is 0.258 e. The average molecular weight is 373 g/mol. The third-order valence-electron chi connectivity index (χ3n) is 2.26. The van der Waals surface area contributed by atoms with Crippen LogP contribution in [0, 0.1) is 5.82 Å². The molecule has 0 saturated heterocycles. The van der Waals surface area contributed by atoms with E-state index in [1.807, 2.05) is 6.07 Å². The summed E-state index contributed by atoms with van der Waals surface area (Å²) in [5.41, 5.74) is 0.620. The van der Waals surface area contributed by atoms with Gasteiger partial charge in [-0.1, -0.05) is 37.9 Å². The maximum Gasteiger partial charge on any atom is 0.258 e. The van der Waals surface area contributed by atoms with E-state index in [0.717, 1.165) is 4.47 Å². The van der Waals surface area contributed by atoms with Crippen LogP contribution >= 0.6 is 31.9 Å². The Balaban J connectivity index is 2.22. The van der Waals surface area contributed by atoms with E-state index in [2.05, 4.69) is 37.2 Å². The normalized spacial score (nSPS) is 10.2. The zero-order valence-corrected chi connectivity index (χ0v) is 12.3. The average Bonchev–Trinajstić information content (AvgIpc) is 2.28. The molecule has 2 nitrogen and oxygen atoms in total. The molecule has 1 N–H and O–H groups in total. The van der Waals surface area contributed by atoms with Crippen molar-refractivity contribution in [1.29, 1.82) is 0 Å². The minimum Gasteiger partial charge on any atom is -0.322 e. The van der Waals surface area contributed by atoms with Gasteiger partial charge < -0.3 is 5.32 Å². The fraction of sp³-hybridized carbons (Fsp3) is 0. The molecule has 0 bridgehead atoms. The molecule has 2 rings (SSSR count). The van der Waals surface area contributed by atoms with Gasteiger partial charge >= 0.3 is 0 Å². The van der Waals surface area contributed by atoms with E-state index in [1.165, 1.54) is 12.1 Å². The Morgan fingerprint density at radius 3 is 2.44 bits per heavy atom. The lowest BCUT2D eigenvalue weighted by atomic mass is 10.2. The molecule has 5 heteroatoms. The predicted octanol–water partition coefficient (Wildman–Crippen LogP) is 4.60. The van der Waals surface area contributed by atoms with Crippen LogP contribution in [-0.4, -0.2) is 5.91 Å². The molecule has 0 unspecified atom stereocenters. The van der Waals surface area contributed by atoms with E-state index in [-0.39, 0.29) is 5.56 Å². The first-order valence-electron chi connectivity index (χ1n) is 5.08. The summed E-state index contributed by atoms with van der Waals surface area (Å²) in [4.78, 5) is 11.9. The lowest BCUT2D eigenvalue weighted by Crippen LogP contribution is -2.13. The zero-order chi connectivity index (χ0) is 13.1. The molecule has 0 aliphatic rings. The van der Waals surface area contributed by atoms with Crippen LogP contribution < -0.4 is 5.32 Å². The second-order valence-corrected chi connectivity index (χ2v) is 5.42. The molecule has 0 spiro atoms. The fourth-order valence-corrected chi connectivity index (χ4v) is 2.17. The van der Waals surface area contributed by atoms with Crippen molar-refractivity contribution < 1.29 is 9.18 Å². The molecule has 1 amide bonds. The summed E-state index contributed by atoms with van der Waals surface area (Å²) in [6.07, 6.45) is 0. The highest BCUT2D eigenvalue weighted by Crippen LogP contribution is 2.19. The van der Waals surface area contributed by atoms with Crippen LogP contribution in [0.5, 0.6) is 0 Å². The number of nitrogens with one attached hydrogen (secondary N) is 1. The summed E-state index contributed by atoms with van der Waals surface area (Å²) in [5.74, 6) is -1.03. The van der Waals surface area contributed by atoms with E-state index in [4.69, 9.17) is 0 Å². The molecule has 92 valence electrons. The predicted molar refractivity (Wildman–Crippen MR) is 76.2 cm³/mol. The van der Waals surface area contributed by atoms with Gasteiger partial charge in [-0.2, -0.15) is 0 Å². The van der Waals surface area contributed by atoms with Crippen molar-refractivity contribution in [2.75, 3.05) is 5.32 Å². The molecule has 0 heterocycles.